The summed E-state index contributed by atoms with van der Waals surface area (Å²) in [4.78, 5) is 38.4. The molecule has 1 unspecified atom stereocenters. The van der Waals surface area contributed by atoms with Gasteiger partial charge in [0.2, 0.25) is 5.91 Å². The van der Waals surface area contributed by atoms with E-state index in [2.05, 4.69) is 5.32 Å². The average Bonchev–Trinajstić information content (AvgIpc) is 3.18. The SMILES string of the molecule is CC(C)(C(=O)O)c1ccc(NC(=O)C2CSCN2C(=O)c2ccccc2)cc1. The van der Waals surface area contributed by atoms with Gasteiger partial charge in [0, 0.05) is 17.0 Å². The van der Waals surface area contributed by atoms with Crippen molar-refractivity contribution in [2.24, 2.45) is 0 Å². The van der Waals surface area contributed by atoms with Crippen LogP contribution in [-0.2, 0) is 15.0 Å². The quantitative estimate of drug-likeness (QED) is 0.808. The Kier molecular flexibility index (Phi) is 5.74. The highest BCUT2D eigenvalue weighted by molar-refractivity contribution is 7.99. The topological polar surface area (TPSA) is 86.7 Å². The zero-order valence-electron chi connectivity index (χ0n) is 15.7. The summed E-state index contributed by atoms with van der Waals surface area (Å²) >= 11 is 1.54. The predicted molar refractivity (Wildman–Crippen MR) is 109 cm³/mol. The Morgan fingerprint density at radius 1 is 1.07 bits per heavy atom. The number of nitrogens with one attached hydrogen (secondary N) is 1. The fourth-order valence-electron chi connectivity index (χ4n) is 2.93. The second kappa shape index (κ2) is 8.06. The number of hydrogen-bond acceptors (Lipinski definition) is 4. The average molecular weight is 398 g/mol. The summed E-state index contributed by atoms with van der Waals surface area (Å²) in [6.45, 7) is 3.26. The van der Waals surface area contributed by atoms with E-state index in [1.165, 1.54) is 0 Å². The van der Waals surface area contributed by atoms with Crippen LogP contribution in [0.3, 0.4) is 0 Å². The first-order valence-electron chi connectivity index (χ1n) is 8.89. The Balaban J connectivity index is 1.70. The molecule has 0 spiro atoms. The van der Waals surface area contributed by atoms with E-state index < -0.39 is 17.4 Å². The molecule has 1 aliphatic heterocycles. The van der Waals surface area contributed by atoms with Crippen molar-refractivity contribution in [3.63, 3.8) is 0 Å². The lowest BCUT2D eigenvalue weighted by atomic mass is 9.85. The van der Waals surface area contributed by atoms with Crippen molar-refractivity contribution in [1.29, 1.82) is 0 Å². The van der Waals surface area contributed by atoms with E-state index in [-0.39, 0.29) is 11.8 Å². The minimum Gasteiger partial charge on any atom is -0.481 e. The van der Waals surface area contributed by atoms with Gasteiger partial charge in [-0.15, -0.1) is 11.8 Å². The number of aliphatic carboxylic acids is 1. The standard InChI is InChI=1S/C21H22N2O4S/c1-21(2,20(26)27)15-8-10-16(11-9-15)22-18(24)17-12-28-13-23(17)19(25)14-6-4-3-5-7-14/h3-11,17H,12-13H2,1-2H3,(H,22,24)(H,26,27). The van der Waals surface area contributed by atoms with Gasteiger partial charge in [-0.3, -0.25) is 14.4 Å². The third-order valence-corrected chi connectivity index (χ3v) is 5.89. The molecule has 2 aromatic rings. The maximum Gasteiger partial charge on any atom is 0.313 e. The minimum atomic E-state index is -1.01. The number of hydrogen-bond donors (Lipinski definition) is 2. The molecular formula is C21H22N2O4S. The van der Waals surface area contributed by atoms with Crippen molar-refractivity contribution in [2.75, 3.05) is 16.9 Å². The van der Waals surface area contributed by atoms with E-state index in [0.29, 0.717) is 28.4 Å². The second-order valence-corrected chi connectivity index (χ2v) is 8.15. The summed E-state index contributed by atoms with van der Waals surface area (Å²) in [5, 5.41) is 12.2. The lowest BCUT2D eigenvalue weighted by Gasteiger charge is -2.23. The molecule has 28 heavy (non-hydrogen) atoms. The van der Waals surface area contributed by atoms with Gasteiger partial charge in [0.25, 0.3) is 5.91 Å². The van der Waals surface area contributed by atoms with Gasteiger partial charge in [0.1, 0.15) is 6.04 Å². The van der Waals surface area contributed by atoms with Gasteiger partial charge < -0.3 is 15.3 Å². The lowest BCUT2D eigenvalue weighted by molar-refractivity contribution is -0.142. The van der Waals surface area contributed by atoms with Crippen LogP contribution in [0.2, 0.25) is 0 Å². The van der Waals surface area contributed by atoms with Crippen LogP contribution in [0.4, 0.5) is 5.69 Å². The first-order chi connectivity index (χ1) is 13.3. The molecule has 0 aliphatic carbocycles. The Morgan fingerprint density at radius 3 is 2.32 bits per heavy atom. The van der Waals surface area contributed by atoms with Crippen LogP contribution in [-0.4, -0.2) is 45.5 Å². The van der Waals surface area contributed by atoms with Gasteiger partial charge in [-0.05, 0) is 43.7 Å². The van der Waals surface area contributed by atoms with Gasteiger partial charge in [-0.2, -0.15) is 0 Å². The lowest BCUT2D eigenvalue weighted by Crippen LogP contribution is -2.44. The van der Waals surface area contributed by atoms with Crippen molar-refractivity contribution in [3.05, 3.63) is 65.7 Å². The summed E-state index contributed by atoms with van der Waals surface area (Å²) in [6, 6.07) is 15.1. The molecule has 1 heterocycles. The van der Waals surface area contributed by atoms with Crippen LogP contribution in [0.5, 0.6) is 0 Å². The molecule has 7 heteroatoms. The summed E-state index contributed by atoms with van der Waals surface area (Å²) in [5.74, 6) is -0.322. The minimum absolute atomic E-state index is 0.163. The summed E-state index contributed by atoms with van der Waals surface area (Å²) in [6.07, 6.45) is 0. The zero-order valence-corrected chi connectivity index (χ0v) is 16.5. The smallest absolute Gasteiger partial charge is 0.313 e. The number of rotatable bonds is 5. The van der Waals surface area contributed by atoms with E-state index in [0.717, 1.165) is 0 Å². The fourth-order valence-corrected chi connectivity index (χ4v) is 4.08. The van der Waals surface area contributed by atoms with Crippen LogP contribution in [0.25, 0.3) is 0 Å². The molecule has 146 valence electrons. The maximum atomic E-state index is 12.7. The van der Waals surface area contributed by atoms with Crippen LogP contribution in [0.1, 0.15) is 29.8 Å². The number of benzene rings is 2. The van der Waals surface area contributed by atoms with E-state index >= 15 is 0 Å². The van der Waals surface area contributed by atoms with E-state index in [1.807, 2.05) is 6.07 Å². The molecule has 0 radical (unpaired) electrons. The first kappa shape index (κ1) is 19.9. The van der Waals surface area contributed by atoms with Gasteiger partial charge in [0.05, 0.1) is 11.3 Å². The number of amides is 2. The third kappa shape index (κ3) is 4.04. The molecule has 1 fully saturated rings. The molecule has 0 bridgehead atoms. The van der Waals surface area contributed by atoms with E-state index in [9.17, 15) is 19.5 Å². The van der Waals surface area contributed by atoms with E-state index in [4.69, 9.17) is 0 Å². The Morgan fingerprint density at radius 2 is 1.71 bits per heavy atom. The molecule has 2 amide bonds. The summed E-state index contributed by atoms with van der Waals surface area (Å²) in [5.41, 5.74) is 0.765. The summed E-state index contributed by atoms with van der Waals surface area (Å²) in [7, 11) is 0. The first-order valence-corrected chi connectivity index (χ1v) is 10.0. The van der Waals surface area contributed by atoms with Gasteiger partial charge in [-0.25, -0.2) is 0 Å². The zero-order chi connectivity index (χ0) is 20.3. The van der Waals surface area contributed by atoms with Crippen LogP contribution in [0, 0.1) is 0 Å². The number of carboxylic acid groups (broad SMARTS) is 1. The molecule has 2 aromatic carbocycles. The molecule has 0 aromatic heterocycles. The van der Waals surface area contributed by atoms with Crippen molar-refractivity contribution in [2.45, 2.75) is 25.3 Å². The van der Waals surface area contributed by atoms with Crippen molar-refractivity contribution < 1.29 is 19.5 Å². The van der Waals surface area contributed by atoms with Gasteiger partial charge in [0.15, 0.2) is 0 Å². The van der Waals surface area contributed by atoms with Crippen LogP contribution in [0.15, 0.2) is 54.6 Å². The van der Waals surface area contributed by atoms with E-state index in [1.54, 1.807) is 79.0 Å². The van der Waals surface area contributed by atoms with Crippen molar-refractivity contribution in [3.8, 4) is 0 Å². The number of thioether (sulfide) groups is 1. The highest BCUT2D eigenvalue weighted by atomic mass is 32.2. The molecule has 1 atom stereocenters. The molecule has 3 rings (SSSR count). The molecule has 2 N–H and O–H groups in total. The number of carbonyl (C=O) groups is 3. The number of carboxylic acids is 1. The third-order valence-electron chi connectivity index (χ3n) is 4.88. The molecule has 0 saturated carbocycles. The normalized spacial score (nSPS) is 16.6. The second-order valence-electron chi connectivity index (χ2n) is 7.15. The predicted octanol–water partition coefficient (Wildman–Crippen LogP) is 3.20. The highest BCUT2D eigenvalue weighted by Crippen LogP contribution is 2.27. The van der Waals surface area contributed by atoms with Gasteiger partial charge in [-0.1, -0.05) is 30.3 Å². The largest absolute Gasteiger partial charge is 0.481 e. The molecular weight excluding hydrogens is 376 g/mol. The maximum absolute atomic E-state index is 12.7. The molecule has 1 aliphatic rings. The monoisotopic (exact) mass is 398 g/mol. The number of nitrogens with zero attached hydrogens (tertiary/aromatic N) is 1. The molecule has 1 saturated heterocycles. The van der Waals surface area contributed by atoms with Crippen LogP contribution < -0.4 is 5.32 Å². The van der Waals surface area contributed by atoms with Crippen LogP contribution >= 0.6 is 11.8 Å². The Labute approximate surface area is 167 Å². The van der Waals surface area contributed by atoms with Gasteiger partial charge >= 0.3 is 5.97 Å². The Hall–Kier alpha value is -2.80. The number of carbonyl (C=O) groups excluding carboxylic acids is 2. The Bertz CT molecular complexity index is 881. The van der Waals surface area contributed by atoms with Crippen molar-refractivity contribution >= 4 is 35.2 Å². The van der Waals surface area contributed by atoms with Crippen molar-refractivity contribution in [1.82, 2.24) is 4.90 Å². The fraction of sp³-hybridized carbons (Fsp3) is 0.286. The highest BCUT2D eigenvalue weighted by Gasteiger charge is 2.35. The molecule has 6 nitrogen and oxygen atoms in total. The number of anilines is 1. The summed E-state index contributed by atoms with van der Waals surface area (Å²) < 4.78 is 0.